The molecule has 1 atom stereocenters. The molecule has 0 aromatic heterocycles. The van der Waals surface area contributed by atoms with Crippen molar-refractivity contribution in [3.8, 4) is 6.07 Å². The summed E-state index contributed by atoms with van der Waals surface area (Å²) in [6, 6.07) is 6.15. The van der Waals surface area contributed by atoms with Gasteiger partial charge in [-0.1, -0.05) is 0 Å². The van der Waals surface area contributed by atoms with E-state index in [2.05, 4.69) is 0 Å². The Balaban J connectivity index is 2.46. The van der Waals surface area contributed by atoms with Crippen LogP contribution in [0.3, 0.4) is 0 Å². The minimum absolute atomic E-state index is 0.0101. The molecule has 0 spiro atoms. The Morgan fingerprint density at radius 2 is 2.14 bits per heavy atom. The fourth-order valence-corrected chi connectivity index (χ4v) is 4.36. The minimum Gasteiger partial charge on any atom is -0.399 e. The Morgan fingerprint density at radius 1 is 1.48 bits per heavy atom. The van der Waals surface area contributed by atoms with Crippen LogP contribution >= 0.6 is 0 Å². The maximum Gasteiger partial charge on any atom is 0.244 e. The quantitative estimate of drug-likeness (QED) is 0.831. The van der Waals surface area contributed by atoms with Crippen LogP contribution in [0.5, 0.6) is 0 Å². The van der Waals surface area contributed by atoms with Gasteiger partial charge in [-0.2, -0.15) is 9.57 Å². The van der Waals surface area contributed by atoms with Gasteiger partial charge in [0.1, 0.15) is 11.0 Å². The topological polar surface area (TPSA) is 96.4 Å². The molecule has 1 fully saturated rings. The summed E-state index contributed by atoms with van der Waals surface area (Å²) in [6.07, 6.45) is -0.206. The first-order chi connectivity index (χ1) is 9.65. The number of morpholine rings is 1. The van der Waals surface area contributed by atoms with Crippen molar-refractivity contribution >= 4 is 15.7 Å². The monoisotopic (exact) mass is 309 g/mol. The van der Waals surface area contributed by atoms with Crippen LogP contribution in [0.2, 0.25) is 0 Å². The highest BCUT2D eigenvalue weighted by Crippen LogP contribution is 2.28. The van der Waals surface area contributed by atoms with Gasteiger partial charge in [0.25, 0.3) is 0 Å². The summed E-state index contributed by atoms with van der Waals surface area (Å²) in [5.74, 6) is 0. The molecule has 1 aromatic rings. The molecule has 0 bridgehead atoms. The van der Waals surface area contributed by atoms with Crippen molar-refractivity contribution in [3.63, 3.8) is 0 Å². The van der Waals surface area contributed by atoms with E-state index >= 15 is 0 Å². The van der Waals surface area contributed by atoms with Crippen molar-refractivity contribution in [1.29, 1.82) is 5.26 Å². The zero-order valence-electron chi connectivity index (χ0n) is 12.3. The second-order valence-corrected chi connectivity index (χ2v) is 7.76. The Kier molecular flexibility index (Phi) is 3.97. The van der Waals surface area contributed by atoms with Gasteiger partial charge >= 0.3 is 0 Å². The van der Waals surface area contributed by atoms with Crippen LogP contribution in [-0.2, 0) is 14.8 Å². The maximum atomic E-state index is 12.8. The maximum absolute atomic E-state index is 12.8. The zero-order chi connectivity index (χ0) is 15.8. The second kappa shape index (κ2) is 5.30. The smallest absolute Gasteiger partial charge is 0.244 e. The Bertz CT molecular complexity index is 692. The number of anilines is 1. The van der Waals surface area contributed by atoms with Crippen molar-refractivity contribution in [1.82, 2.24) is 4.31 Å². The molecule has 1 aromatic carbocycles. The number of nitrogen functional groups attached to an aromatic ring is 1. The molecule has 0 saturated carbocycles. The van der Waals surface area contributed by atoms with E-state index in [9.17, 15) is 8.42 Å². The number of rotatable bonds is 2. The van der Waals surface area contributed by atoms with Gasteiger partial charge in [-0.15, -0.1) is 0 Å². The first kappa shape index (κ1) is 15.8. The molecule has 0 amide bonds. The van der Waals surface area contributed by atoms with Crippen molar-refractivity contribution in [3.05, 3.63) is 23.8 Å². The van der Waals surface area contributed by atoms with Crippen molar-refractivity contribution in [2.75, 3.05) is 18.8 Å². The number of nitriles is 1. The molecule has 0 radical (unpaired) electrons. The molecule has 1 unspecified atom stereocenters. The van der Waals surface area contributed by atoms with Crippen molar-refractivity contribution in [2.45, 2.75) is 37.4 Å². The molecule has 21 heavy (non-hydrogen) atoms. The predicted octanol–water partition coefficient (Wildman–Crippen LogP) is 1.33. The lowest BCUT2D eigenvalue weighted by Crippen LogP contribution is -2.53. The van der Waals surface area contributed by atoms with E-state index in [1.54, 1.807) is 0 Å². The SMILES string of the molecule is CC1CN(S(=O)(=O)c2ccc(N)cc2C#N)CC(C)(C)O1. The van der Waals surface area contributed by atoms with E-state index in [1.807, 2.05) is 26.8 Å². The van der Waals surface area contributed by atoms with Crippen LogP contribution in [0, 0.1) is 11.3 Å². The molecule has 1 heterocycles. The minimum atomic E-state index is -3.75. The highest BCUT2D eigenvalue weighted by molar-refractivity contribution is 7.89. The average molecular weight is 309 g/mol. The standard InChI is InChI=1S/C14H19N3O3S/c1-10-8-17(9-14(2,3)20-10)21(18,19)13-5-4-12(16)6-11(13)7-15/h4-6,10H,8-9,16H2,1-3H3. The molecule has 1 saturated heterocycles. The van der Waals surface area contributed by atoms with Crippen LogP contribution in [-0.4, -0.2) is 37.5 Å². The van der Waals surface area contributed by atoms with Gasteiger partial charge in [-0.3, -0.25) is 0 Å². The fraction of sp³-hybridized carbons (Fsp3) is 0.500. The highest BCUT2D eigenvalue weighted by atomic mass is 32.2. The molecule has 1 aliphatic rings. The summed E-state index contributed by atoms with van der Waals surface area (Å²) < 4.78 is 32.7. The van der Waals surface area contributed by atoms with Gasteiger partial charge in [-0.05, 0) is 39.0 Å². The number of ether oxygens (including phenoxy) is 1. The Morgan fingerprint density at radius 3 is 2.71 bits per heavy atom. The predicted molar refractivity (Wildman–Crippen MR) is 79.0 cm³/mol. The van der Waals surface area contributed by atoms with Crippen LogP contribution in [0.15, 0.2) is 23.1 Å². The lowest BCUT2D eigenvalue weighted by atomic mass is 10.1. The molecular formula is C14H19N3O3S. The van der Waals surface area contributed by atoms with E-state index < -0.39 is 15.6 Å². The zero-order valence-corrected chi connectivity index (χ0v) is 13.1. The molecule has 2 rings (SSSR count). The number of benzene rings is 1. The molecule has 7 heteroatoms. The normalized spacial score (nSPS) is 22.7. The molecular weight excluding hydrogens is 290 g/mol. The third kappa shape index (κ3) is 3.18. The van der Waals surface area contributed by atoms with Gasteiger partial charge in [0.15, 0.2) is 0 Å². The van der Waals surface area contributed by atoms with E-state index in [0.29, 0.717) is 5.69 Å². The van der Waals surface area contributed by atoms with Crippen LogP contribution < -0.4 is 5.73 Å². The lowest BCUT2D eigenvalue weighted by Gasteiger charge is -2.40. The second-order valence-electron chi connectivity index (χ2n) is 5.85. The number of nitrogens with zero attached hydrogens (tertiary/aromatic N) is 2. The van der Waals surface area contributed by atoms with Gasteiger partial charge in [-0.25, -0.2) is 8.42 Å². The van der Waals surface area contributed by atoms with Crippen molar-refractivity contribution in [2.24, 2.45) is 0 Å². The summed E-state index contributed by atoms with van der Waals surface area (Å²) >= 11 is 0. The molecule has 0 aliphatic carbocycles. The highest BCUT2D eigenvalue weighted by Gasteiger charge is 2.38. The van der Waals surface area contributed by atoms with Crippen molar-refractivity contribution < 1.29 is 13.2 Å². The Hall–Kier alpha value is -1.62. The average Bonchev–Trinajstić information content (AvgIpc) is 2.35. The molecule has 2 N–H and O–H groups in total. The third-order valence-corrected chi connectivity index (χ3v) is 5.15. The molecule has 6 nitrogen and oxygen atoms in total. The third-order valence-electron chi connectivity index (χ3n) is 3.28. The largest absolute Gasteiger partial charge is 0.399 e. The van der Waals surface area contributed by atoms with E-state index in [0.717, 1.165) is 0 Å². The summed E-state index contributed by atoms with van der Waals surface area (Å²) in [7, 11) is -3.75. The van der Waals surface area contributed by atoms with Gasteiger partial charge in [0, 0.05) is 18.8 Å². The lowest BCUT2D eigenvalue weighted by molar-refractivity contribution is -0.109. The first-order valence-electron chi connectivity index (χ1n) is 6.63. The molecule has 114 valence electrons. The number of hydrogen-bond donors (Lipinski definition) is 1. The van der Waals surface area contributed by atoms with Crippen LogP contribution in [0.1, 0.15) is 26.3 Å². The first-order valence-corrected chi connectivity index (χ1v) is 8.07. The summed E-state index contributed by atoms with van der Waals surface area (Å²) in [6.45, 7) is 6.03. The van der Waals surface area contributed by atoms with E-state index in [-0.39, 0.29) is 29.7 Å². The Labute approximate surface area is 125 Å². The van der Waals surface area contributed by atoms with E-state index in [1.165, 1.54) is 22.5 Å². The van der Waals surface area contributed by atoms with Crippen LogP contribution in [0.25, 0.3) is 0 Å². The van der Waals surface area contributed by atoms with Gasteiger partial charge in [0.05, 0.1) is 17.3 Å². The van der Waals surface area contributed by atoms with Gasteiger partial charge < -0.3 is 10.5 Å². The number of sulfonamides is 1. The number of hydrogen-bond acceptors (Lipinski definition) is 5. The van der Waals surface area contributed by atoms with Gasteiger partial charge in [0.2, 0.25) is 10.0 Å². The summed E-state index contributed by atoms with van der Waals surface area (Å²) in [5.41, 5.74) is 5.47. The summed E-state index contributed by atoms with van der Waals surface area (Å²) in [5, 5.41) is 9.15. The van der Waals surface area contributed by atoms with E-state index in [4.69, 9.17) is 15.7 Å². The molecule has 1 aliphatic heterocycles. The fourth-order valence-electron chi connectivity index (χ4n) is 2.58. The summed E-state index contributed by atoms with van der Waals surface area (Å²) in [4.78, 5) is -0.0101. The number of nitrogens with two attached hydrogens (primary N) is 1. The van der Waals surface area contributed by atoms with Crippen LogP contribution in [0.4, 0.5) is 5.69 Å².